The van der Waals surface area contributed by atoms with E-state index in [1.807, 2.05) is 5.38 Å². The molecule has 0 fully saturated rings. The lowest BCUT2D eigenvalue weighted by Crippen LogP contribution is -2.15. The molecule has 0 radical (unpaired) electrons. The van der Waals surface area contributed by atoms with Crippen molar-refractivity contribution in [2.45, 2.75) is 6.42 Å². The van der Waals surface area contributed by atoms with Gasteiger partial charge in [-0.25, -0.2) is 9.37 Å². The second-order valence-corrected chi connectivity index (χ2v) is 4.87. The largest absolute Gasteiger partial charge is 0.389 e. The van der Waals surface area contributed by atoms with Crippen molar-refractivity contribution < 1.29 is 4.39 Å². The summed E-state index contributed by atoms with van der Waals surface area (Å²) in [5.41, 5.74) is 9.68. The van der Waals surface area contributed by atoms with E-state index in [1.54, 1.807) is 22.9 Å². The Bertz CT molecular complexity index is 540. The van der Waals surface area contributed by atoms with E-state index in [9.17, 15) is 4.39 Å². The monoisotopic (exact) mass is 281 g/mol. The number of benzene rings is 1. The number of anilines is 1. The second kappa shape index (κ2) is 5.88. The molecule has 0 aliphatic heterocycles. The fourth-order valence-corrected chi connectivity index (χ4v) is 2.32. The average Bonchev–Trinajstić information content (AvgIpc) is 2.84. The number of hydrogen-bond donors (Lipinski definition) is 2. The summed E-state index contributed by atoms with van der Waals surface area (Å²) in [6.07, 6.45) is 0.803. The average molecular weight is 281 g/mol. The van der Waals surface area contributed by atoms with Crippen LogP contribution in [0.4, 0.5) is 10.1 Å². The van der Waals surface area contributed by atoms with Crippen LogP contribution in [-0.2, 0) is 6.42 Å². The molecule has 2 aromatic rings. The van der Waals surface area contributed by atoms with E-state index >= 15 is 0 Å². The Morgan fingerprint density at radius 2 is 2.33 bits per heavy atom. The van der Waals surface area contributed by atoms with Crippen LogP contribution in [0.5, 0.6) is 0 Å². The predicted molar refractivity (Wildman–Crippen MR) is 76.6 cm³/mol. The fourth-order valence-electron chi connectivity index (χ4n) is 1.56. The third kappa shape index (κ3) is 3.24. The molecule has 1 heterocycles. The van der Waals surface area contributed by atoms with Gasteiger partial charge in [0.15, 0.2) is 0 Å². The number of thiazole rings is 1. The molecule has 0 unspecified atom stereocenters. The molecule has 3 nitrogen and oxygen atoms in total. The number of nitrogens with one attached hydrogen (secondary N) is 1. The Balaban J connectivity index is 2.02. The van der Waals surface area contributed by atoms with Crippen molar-refractivity contribution in [1.29, 1.82) is 0 Å². The van der Waals surface area contributed by atoms with Gasteiger partial charge >= 0.3 is 0 Å². The Morgan fingerprint density at radius 3 is 3.00 bits per heavy atom. The van der Waals surface area contributed by atoms with Crippen LogP contribution >= 0.6 is 23.6 Å². The number of halogens is 1. The molecular formula is C12H12FN3S2. The van der Waals surface area contributed by atoms with Crippen LogP contribution in [0.2, 0.25) is 0 Å². The molecule has 6 heteroatoms. The molecule has 94 valence electrons. The maximum Gasteiger partial charge on any atom is 0.124 e. The van der Waals surface area contributed by atoms with Crippen LogP contribution in [0.25, 0.3) is 0 Å². The SMILES string of the molecule is NC(=S)c1cc(F)ccc1NCCc1cscn1. The van der Waals surface area contributed by atoms with Crippen molar-refractivity contribution in [1.82, 2.24) is 4.98 Å². The van der Waals surface area contributed by atoms with Crippen LogP contribution < -0.4 is 11.1 Å². The van der Waals surface area contributed by atoms with Gasteiger partial charge < -0.3 is 11.1 Å². The number of nitrogens with zero attached hydrogens (tertiary/aromatic N) is 1. The number of aromatic nitrogens is 1. The third-order valence-electron chi connectivity index (χ3n) is 2.43. The van der Waals surface area contributed by atoms with Crippen LogP contribution in [0, 0.1) is 5.82 Å². The molecular weight excluding hydrogens is 269 g/mol. The third-order valence-corrected chi connectivity index (χ3v) is 3.28. The number of nitrogens with two attached hydrogens (primary N) is 1. The molecule has 0 spiro atoms. The molecule has 1 aromatic carbocycles. The summed E-state index contributed by atoms with van der Waals surface area (Å²) in [6, 6.07) is 4.37. The molecule has 0 atom stereocenters. The summed E-state index contributed by atoms with van der Waals surface area (Å²) in [5, 5.41) is 5.19. The molecule has 3 N–H and O–H groups in total. The van der Waals surface area contributed by atoms with E-state index in [-0.39, 0.29) is 10.8 Å². The Hall–Kier alpha value is -1.53. The first-order valence-corrected chi connectivity index (χ1v) is 6.72. The van der Waals surface area contributed by atoms with Crippen LogP contribution in [0.1, 0.15) is 11.3 Å². The van der Waals surface area contributed by atoms with E-state index in [0.29, 0.717) is 12.1 Å². The molecule has 18 heavy (non-hydrogen) atoms. The maximum absolute atomic E-state index is 13.1. The summed E-state index contributed by atoms with van der Waals surface area (Å²) >= 11 is 6.47. The summed E-state index contributed by atoms with van der Waals surface area (Å²) in [4.78, 5) is 4.37. The smallest absolute Gasteiger partial charge is 0.124 e. The molecule has 0 bridgehead atoms. The zero-order valence-corrected chi connectivity index (χ0v) is 11.2. The highest BCUT2D eigenvalue weighted by atomic mass is 32.1. The van der Waals surface area contributed by atoms with Gasteiger partial charge in [-0.2, -0.15) is 0 Å². The normalized spacial score (nSPS) is 10.3. The molecule has 1 aromatic heterocycles. The van der Waals surface area contributed by atoms with Crippen molar-refractivity contribution in [2.24, 2.45) is 5.73 Å². The van der Waals surface area contributed by atoms with E-state index in [2.05, 4.69) is 10.3 Å². The quantitative estimate of drug-likeness (QED) is 0.827. The standard InChI is InChI=1S/C12H12FN3S2/c13-8-1-2-11(10(5-8)12(14)17)15-4-3-9-6-18-7-16-9/h1-2,5-7,15H,3-4H2,(H2,14,17). The van der Waals surface area contributed by atoms with Gasteiger partial charge in [0.2, 0.25) is 0 Å². The summed E-state index contributed by atoms with van der Waals surface area (Å²) in [7, 11) is 0. The van der Waals surface area contributed by atoms with E-state index in [0.717, 1.165) is 17.8 Å². The predicted octanol–water partition coefficient (Wildman–Crippen LogP) is 2.57. The molecule has 0 saturated heterocycles. The van der Waals surface area contributed by atoms with Crippen molar-refractivity contribution in [3.8, 4) is 0 Å². The van der Waals surface area contributed by atoms with Gasteiger partial charge in [-0.15, -0.1) is 11.3 Å². The Morgan fingerprint density at radius 1 is 1.50 bits per heavy atom. The lowest BCUT2D eigenvalue weighted by Gasteiger charge is -2.10. The fraction of sp³-hybridized carbons (Fsp3) is 0.167. The van der Waals surface area contributed by atoms with Gasteiger partial charge in [-0.3, -0.25) is 0 Å². The molecule has 0 aliphatic carbocycles. The van der Waals surface area contributed by atoms with Gasteiger partial charge in [0, 0.05) is 29.6 Å². The second-order valence-electron chi connectivity index (χ2n) is 3.71. The molecule has 0 amide bonds. The van der Waals surface area contributed by atoms with Crippen molar-refractivity contribution >= 4 is 34.2 Å². The Labute approximate surface area is 114 Å². The van der Waals surface area contributed by atoms with Gasteiger partial charge in [-0.05, 0) is 18.2 Å². The van der Waals surface area contributed by atoms with E-state index < -0.39 is 0 Å². The molecule has 0 saturated carbocycles. The van der Waals surface area contributed by atoms with Crippen LogP contribution in [-0.4, -0.2) is 16.5 Å². The first-order chi connectivity index (χ1) is 8.66. The lowest BCUT2D eigenvalue weighted by atomic mass is 10.1. The Kier molecular flexibility index (Phi) is 4.22. The van der Waals surface area contributed by atoms with Crippen LogP contribution in [0.15, 0.2) is 29.1 Å². The lowest BCUT2D eigenvalue weighted by molar-refractivity contribution is 0.627. The first-order valence-electron chi connectivity index (χ1n) is 5.37. The van der Waals surface area contributed by atoms with Gasteiger partial charge in [0.25, 0.3) is 0 Å². The highest BCUT2D eigenvalue weighted by Gasteiger charge is 2.06. The maximum atomic E-state index is 13.1. The minimum atomic E-state index is -0.345. The van der Waals surface area contributed by atoms with Crippen molar-refractivity contribution in [3.05, 3.63) is 46.2 Å². The highest BCUT2D eigenvalue weighted by Crippen LogP contribution is 2.17. The summed E-state index contributed by atoms with van der Waals surface area (Å²) in [5.74, 6) is -0.345. The first kappa shape index (κ1) is 12.9. The van der Waals surface area contributed by atoms with Gasteiger partial charge in [-0.1, -0.05) is 12.2 Å². The summed E-state index contributed by atoms with van der Waals surface area (Å²) < 4.78 is 13.1. The minimum absolute atomic E-state index is 0.186. The van der Waals surface area contributed by atoms with Crippen LogP contribution in [0.3, 0.4) is 0 Å². The van der Waals surface area contributed by atoms with E-state index in [4.69, 9.17) is 18.0 Å². The molecule has 2 rings (SSSR count). The topological polar surface area (TPSA) is 50.9 Å². The number of thiocarbonyl (C=S) groups is 1. The summed E-state index contributed by atoms with van der Waals surface area (Å²) in [6.45, 7) is 0.699. The zero-order chi connectivity index (χ0) is 13.0. The van der Waals surface area contributed by atoms with Crippen molar-refractivity contribution in [3.63, 3.8) is 0 Å². The zero-order valence-electron chi connectivity index (χ0n) is 9.52. The molecule has 0 aliphatic rings. The van der Waals surface area contributed by atoms with Crippen molar-refractivity contribution in [2.75, 3.05) is 11.9 Å². The number of hydrogen-bond acceptors (Lipinski definition) is 4. The van der Waals surface area contributed by atoms with E-state index in [1.165, 1.54) is 12.1 Å². The van der Waals surface area contributed by atoms with Gasteiger partial charge in [0.1, 0.15) is 10.8 Å². The minimum Gasteiger partial charge on any atom is -0.389 e. The van der Waals surface area contributed by atoms with Gasteiger partial charge in [0.05, 0.1) is 11.2 Å². The number of rotatable bonds is 5. The highest BCUT2D eigenvalue weighted by molar-refractivity contribution is 7.80.